The van der Waals surface area contributed by atoms with E-state index in [4.69, 9.17) is 23.2 Å². The van der Waals surface area contributed by atoms with Gasteiger partial charge in [0.05, 0.1) is 12.1 Å². The Morgan fingerprint density at radius 1 is 0.972 bits per heavy atom. The smallest absolute Gasteiger partial charge is 0.283 e. The molecule has 2 aliphatic rings. The van der Waals surface area contributed by atoms with Crippen molar-refractivity contribution in [2.45, 2.75) is 26.2 Å². The number of rotatable bonds is 5. The molecule has 0 spiro atoms. The highest BCUT2D eigenvalue weighted by molar-refractivity contribution is 6.53. The number of carbonyl (C=O) groups is 3. The van der Waals surface area contributed by atoms with Gasteiger partial charge in [0.2, 0.25) is 5.91 Å². The Labute approximate surface area is 219 Å². The molecule has 0 unspecified atom stereocenters. The second kappa shape index (κ2) is 9.80. The Kier molecular flexibility index (Phi) is 6.56. The molecule has 2 aliphatic heterocycles. The number of aryl methyl sites for hydroxylation is 2. The van der Waals surface area contributed by atoms with Gasteiger partial charge in [0.1, 0.15) is 10.7 Å². The summed E-state index contributed by atoms with van der Waals surface area (Å²) in [6.07, 6.45) is 2.19. The maximum absolute atomic E-state index is 13.0. The molecule has 6 nitrogen and oxygen atoms in total. The quantitative estimate of drug-likeness (QED) is 0.445. The summed E-state index contributed by atoms with van der Waals surface area (Å²) in [7, 11) is 0. The van der Waals surface area contributed by atoms with Crippen LogP contribution in [-0.2, 0) is 27.2 Å². The maximum Gasteiger partial charge on any atom is 0.283 e. The number of imide groups is 1. The number of carbonyl (C=O) groups excluding carboxylic acids is 3. The monoisotopic (exact) mass is 519 g/mol. The average molecular weight is 520 g/mol. The van der Waals surface area contributed by atoms with Crippen LogP contribution in [0, 0.1) is 6.92 Å². The lowest BCUT2D eigenvalue weighted by Crippen LogP contribution is -2.36. The Morgan fingerprint density at radius 3 is 2.47 bits per heavy atom. The third-order valence-corrected chi connectivity index (χ3v) is 7.19. The van der Waals surface area contributed by atoms with E-state index in [2.05, 4.69) is 11.4 Å². The lowest BCUT2D eigenvalue weighted by Gasteiger charge is -2.29. The highest BCUT2D eigenvalue weighted by Gasteiger charge is 2.39. The molecular weight excluding hydrogens is 497 g/mol. The number of anilines is 3. The normalized spacial score (nSPS) is 15.4. The molecule has 0 saturated heterocycles. The maximum atomic E-state index is 13.0. The van der Waals surface area contributed by atoms with Crippen LogP contribution in [0.25, 0.3) is 0 Å². The molecule has 1 N–H and O–H groups in total. The molecule has 3 aromatic carbocycles. The van der Waals surface area contributed by atoms with E-state index in [-0.39, 0.29) is 23.1 Å². The van der Waals surface area contributed by atoms with E-state index in [1.165, 1.54) is 5.56 Å². The highest BCUT2D eigenvalue weighted by atomic mass is 35.5. The minimum atomic E-state index is -0.617. The zero-order valence-electron chi connectivity index (χ0n) is 19.6. The Hall–Kier alpha value is -3.61. The van der Waals surface area contributed by atoms with Crippen molar-refractivity contribution in [2.24, 2.45) is 0 Å². The van der Waals surface area contributed by atoms with Crippen molar-refractivity contribution in [2.75, 3.05) is 21.7 Å². The molecule has 0 bridgehead atoms. The average Bonchev–Trinajstić information content (AvgIpc) is 3.09. The molecule has 0 atom stereocenters. The lowest BCUT2D eigenvalue weighted by atomic mass is 10.0. The predicted octanol–water partition coefficient (Wildman–Crippen LogP) is 5.61. The Balaban J connectivity index is 1.28. The largest absolute Gasteiger partial charge is 0.350 e. The highest BCUT2D eigenvalue weighted by Crippen LogP contribution is 2.32. The van der Waals surface area contributed by atoms with Crippen LogP contribution in [0.2, 0.25) is 5.02 Å². The van der Waals surface area contributed by atoms with Gasteiger partial charge in [-0.25, -0.2) is 4.90 Å². The zero-order chi connectivity index (χ0) is 25.4. The van der Waals surface area contributed by atoms with Crippen molar-refractivity contribution in [3.63, 3.8) is 0 Å². The molecule has 182 valence electrons. The first-order valence-electron chi connectivity index (χ1n) is 11.6. The zero-order valence-corrected chi connectivity index (χ0v) is 21.1. The van der Waals surface area contributed by atoms with Crippen molar-refractivity contribution < 1.29 is 14.4 Å². The molecular formula is C28H23Cl2N3O3. The Bertz CT molecular complexity index is 1420. The van der Waals surface area contributed by atoms with Crippen LogP contribution in [-0.4, -0.2) is 24.3 Å². The van der Waals surface area contributed by atoms with E-state index in [1.54, 1.807) is 30.3 Å². The summed E-state index contributed by atoms with van der Waals surface area (Å²) in [5.74, 6) is -1.14. The van der Waals surface area contributed by atoms with Gasteiger partial charge >= 0.3 is 0 Å². The number of nitrogens with zero attached hydrogens (tertiary/aromatic N) is 2. The van der Waals surface area contributed by atoms with Crippen LogP contribution in [0.15, 0.2) is 77.5 Å². The third-order valence-electron chi connectivity index (χ3n) is 6.43. The van der Waals surface area contributed by atoms with Gasteiger partial charge in [-0.3, -0.25) is 14.4 Å². The molecule has 3 aromatic rings. The summed E-state index contributed by atoms with van der Waals surface area (Å²) < 4.78 is 0. The topological polar surface area (TPSA) is 69.7 Å². The molecule has 3 amide bonds. The lowest BCUT2D eigenvalue weighted by molar-refractivity contribution is -0.120. The number of hydrogen-bond acceptors (Lipinski definition) is 4. The molecule has 0 radical (unpaired) electrons. The first kappa shape index (κ1) is 24.1. The molecule has 0 fully saturated rings. The number of benzene rings is 3. The fourth-order valence-corrected chi connectivity index (χ4v) is 4.87. The standard InChI is InChI=1S/C28H23Cl2N3O3/c1-17-8-13-21(16-22(17)29)33-27(35)25(30)26(28(33)36)31-20-11-9-18(10-12-20)15-24(34)32-14-4-6-19-5-2-3-7-23(19)32/h2-3,5,7-13,16,31H,4,6,14-15H2,1H3. The van der Waals surface area contributed by atoms with Crippen molar-refractivity contribution >= 4 is 58.0 Å². The SMILES string of the molecule is Cc1ccc(N2C(=O)C(Cl)=C(Nc3ccc(CC(=O)N4CCCc5ccccc54)cc3)C2=O)cc1Cl. The van der Waals surface area contributed by atoms with Crippen LogP contribution >= 0.6 is 23.2 Å². The summed E-state index contributed by atoms with van der Waals surface area (Å²) in [5.41, 5.74) is 4.78. The second-order valence-corrected chi connectivity index (χ2v) is 9.63. The number of para-hydroxylation sites is 1. The van der Waals surface area contributed by atoms with Gasteiger partial charge < -0.3 is 10.2 Å². The van der Waals surface area contributed by atoms with Crippen molar-refractivity contribution in [3.8, 4) is 0 Å². The van der Waals surface area contributed by atoms with Gasteiger partial charge in [0, 0.05) is 22.9 Å². The van der Waals surface area contributed by atoms with Gasteiger partial charge in [-0.05, 0) is 66.8 Å². The van der Waals surface area contributed by atoms with E-state index in [0.717, 1.165) is 34.6 Å². The first-order valence-corrected chi connectivity index (χ1v) is 12.4. The predicted molar refractivity (Wildman–Crippen MR) is 142 cm³/mol. The third kappa shape index (κ3) is 4.50. The number of halogens is 2. The Morgan fingerprint density at radius 2 is 1.72 bits per heavy atom. The summed E-state index contributed by atoms with van der Waals surface area (Å²) in [4.78, 5) is 41.6. The van der Waals surface area contributed by atoms with E-state index in [1.807, 2.05) is 42.2 Å². The van der Waals surface area contributed by atoms with Gasteiger partial charge in [0.15, 0.2) is 0 Å². The summed E-state index contributed by atoms with van der Waals surface area (Å²) in [5, 5.41) is 3.21. The second-order valence-electron chi connectivity index (χ2n) is 8.84. The van der Waals surface area contributed by atoms with E-state index in [0.29, 0.717) is 22.9 Å². The first-order chi connectivity index (χ1) is 17.3. The minimum absolute atomic E-state index is 0.00730. The van der Waals surface area contributed by atoms with E-state index >= 15 is 0 Å². The van der Waals surface area contributed by atoms with Gasteiger partial charge in [-0.15, -0.1) is 0 Å². The summed E-state index contributed by atoms with van der Waals surface area (Å²) in [6.45, 7) is 2.54. The van der Waals surface area contributed by atoms with Crippen LogP contribution < -0.4 is 15.1 Å². The number of amides is 3. The molecule has 0 aliphatic carbocycles. The molecule has 0 aromatic heterocycles. The molecule has 0 saturated carbocycles. The van der Waals surface area contributed by atoms with Crippen LogP contribution in [0.3, 0.4) is 0 Å². The molecule has 5 rings (SSSR count). The van der Waals surface area contributed by atoms with Crippen molar-refractivity contribution in [1.82, 2.24) is 0 Å². The number of hydrogen-bond donors (Lipinski definition) is 1. The summed E-state index contributed by atoms with van der Waals surface area (Å²) in [6, 6.07) is 20.1. The van der Waals surface area contributed by atoms with Gasteiger partial charge in [-0.2, -0.15) is 0 Å². The van der Waals surface area contributed by atoms with E-state index in [9.17, 15) is 14.4 Å². The molecule has 8 heteroatoms. The van der Waals surface area contributed by atoms with Crippen molar-refractivity contribution in [3.05, 3.63) is 99.2 Å². The van der Waals surface area contributed by atoms with E-state index < -0.39 is 11.8 Å². The van der Waals surface area contributed by atoms with Gasteiger partial charge in [0.25, 0.3) is 11.8 Å². The van der Waals surface area contributed by atoms with Crippen molar-refractivity contribution in [1.29, 1.82) is 0 Å². The number of fused-ring (bicyclic) bond motifs is 1. The van der Waals surface area contributed by atoms with Crippen LogP contribution in [0.4, 0.5) is 17.1 Å². The molecule has 2 heterocycles. The van der Waals surface area contributed by atoms with Crippen LogP contribution in [0.5, 0.6) is 0 Å². The summed E-state index contributed by atoms with van der Waals surface area (Å²) >= 11 is 12.4. The fraction of sp³-hybridized carbons (Fsp3) is 0.179. The number of nitrogens with one attached hydrogen (secondary N) is 1. The fourth-order valence-electron chi connectivity index (χ4n) is 4.48. The van der Waals surface area contributed by atoms with Gasteiger partial charge in [-0.1, -0.05) is 59.6 Å². The van der Waals surface area contributed by atoms with Crippen LogP contribution in [0.1, 0.15) is 23.1 Å². The minimum Gasteiger partial charge on any atom is -0.350 e. The molecule has 36 heavy (non-hydrogen) atoms.